The average Bonchev–Trinajstić information content (AvgIpc) is 2.26. The number of hydrogen-bond donors (Lipinski definition) is 2. The number of ether oxygens (including phenoxy) is 1. The molecule has 1 rings (SSSR count). The van der Waals surface area contributed by atoms with Gasteiger partial charge in [0.25, 0.3) is 0 Å². The number of aliphatic hydroxyl groups is 1. The molecule has 3 nitrogen and oxygen atoms in total. The summed E-state index contributed by atoms with van der Waals surface area (Å²) in [7, 11) is 1.64. The summed E-state index contributed by atoms with van der Waals surface area (Å²) in [6.07, 6.45) is 0. The number of hydrogen-bond acceptors (Lipinski definition) is 3. The summed E-state index contributed by atoms with van der Waals surface area (Å²) in [6, 6.07) is 5.82. The molecule has 1 aromatic rings. The molecule has 0 amide bonds. The minimum absolute atomic E-state index is 0.129. The summed E-state index contributed by atoms with van der Waals surface area (Å²) in [4.78, 5) is 0. The van der Waals surface area contributed by atoms with Crippen LogP contribution in [0, 0.1) is 5.41 Å². The molecule has 0 atom stereocenters. The van der Waals surface area contributed by atoms with Crippen LogP contribution in [0.5, 0.6) is 5.75 Å². The summed E-state index contributed by atoms with van der Waals surface area (Å²) in [5.74, 6) is 0.804. The van der Waals surface area contributed by atoms with Gasteiger partial charge in [-0.15, -0.1) is 0 Å². The van der Waals surface area contributed by atoms with Gasteiger partial charge in [0.05, 0.1) is 7.11 Å². The number of rotatable bonds is 5. The molecule has 0 unspecified atom stereocenters. The van der Waals surface area contributed by atoms with Gasteiger partial charge in [0.15, 0.2) is 0 Å². The molecule has 4 heteroatoms. The van der Waals surface area contributed by atoms with Crippen LogP contribution in [0.2, 0.25) is 0 Å². The molecular formula is C12H18BrNO2. The molecule has 90 valence electrons. The van der Waals surface area contributed by atoms with Crippen molar-refractivity contribution in [1.82, 2.24) is 0 Å². The largest absolute Gasteiger partial charge is 0.497 e. The average molecular weight is 288 g/mol. The van der Waals surface area contributed by atoms with Crippen LogP contribution < -0.4 is 10.1 Å². The van der Waals surface area contributed by atoms with E-state index in [1.807, 2.05) is 32.0 Å². The molecule has 0 radical (unpaired) electrons. The first-order valence-electron chi connectivity index (χ1n) is 5.16. The minimum atomic E-state index is -0.129. The molecule has 0 aliphatic rings. The molecule has 0 fully saturated rings. The quantitative estimate of drug-likeness (QED) is 0.875. The molecule has 16 heavy (non-hydrogen) atoms. The van der Waals surface area contributed by atoms with Crippen molar-refractivity contribution in [2.24, 2.45) is 5.41 Å². The number of nitrogens with one attached hydrogen (secondary N) is 1. The lowest BCUT2D eigenvalue weighted by atomic mass is 9.95. The minimum Gasteiger partial charge on any atom is -0.497 e. The van der Waals surface area contributed by atoms with Crippen LogP contribution in [0.1, 0.15) is 13.8 Å². The summed E-state index contributed by atoms with van der Waals surface area (Å²) in [6.45, 7) is 4.89. The van der Waals surface area contributed by atoms with Crippen molar-refractivity contribution in [1.29, 1.82) is 0 Å². The van der Waals surface area contributed by atoms with Gasteiger partial charge in [-0.1, -0.05) is 29.8 Å². The van der Waals surface area contributed by atoms with Crippen molar-refractivity contribution in [3.05, 3.63) is 22.7 Å². The molecule has 0 spiro atoms. The third kappa shape index (κ3) is 4.02. The fraction of sp³-hybridized carbons (Fsp3) is 0.500. The van der Waals surface area contributed by atoms with Crippen LogP contribution in [0.3, 0.4) is 0 Å². The van der Waals surface area contributed by atoms with E-state index in [2.05, 4.69) is 21.2 Å². The molecule has 0 aliphatic heterocycles. The van der Waals surface area contributed by atoms with Crippen molar-refractivity contribution in [2.45, 2.75) is 13.8 Å². The SMILES string of the molecule is COc1cc(Br)cc(NCC(C)(C)CO)c1. The first-order chi connectivity index (χ1) is 7.46. The number of anilines is 1. The van der Waals surface area contributed by atoms with Gasteiger partial charge in [-0.25, -0.2) is 0 Å². The molecule has 0 saturated heterocycles. The molecule has 0 heterocycles. The van der Waals surface area contributed by atoms with Gasteiger partial charge in [-0.2, -0.15) is 0 Å². The Balaban J connectivity index is 2.70. The third-order valence-corrected chi connectivity index (χ3v) is 2.76. The van der Waals surface area contributed by atoms with Crippen molar-refractivity contribution < 1.29 is 9.84 Å². The van der Waals surface area contributed by atoms with Crippen LogP contribution in [0.4, 0.5) is 5.69 Å². The maximum absolute atomic E-state index is 9.15. The molecule has 2 N–H and O–H groups in total. The van der Waals surface area contributed by atoms with Gasteiger partial charge < -0.3 is 15.2 Å². The first kappa shape index (κ1) is 13.3. The van der Waals surface area contributed by atoms with Crippen molar-refractivity contribution in [3.8, 4) is 5.75 Å². The Labute approximate surface area is 105 Å². The van der Waals surface area contributed by atoms with Crippen molar-refractivity contribution >= 4 is 21.6 Å². The van der Waals surface area contributed by atoms with E-state index in [9.17, 15) is 0 Å². The van der Waals surface area contributed by atoms with E-state index >= 15 is 0 Å². The zero-order valence-corrected chi connectivity index (χ0v) is 11.5. The van der Waals surface area contributed by atoms with Crippen LogP contribution >= 0.6 is 15.9 Å². The van der Waals surface area contributed by atoms with E-state index in [-0.39, 0.29) is 12.0 Å². The molecule has 0 aliphatic carbocycles. The number of halogens is 1. The maximum Gasteiger partial charge on any atom is 0.122 e. The Morgan fingerprint density at radius 3 is 2.62 bits per heavy atom. The van der Waals surface area contributed by atoms with Gasteiger partial charge in [0, 0.05) is 34.8 Å². The third-order valence-electron chi connectivity index (χ3n) is 2.31. The van der Waals surface area contributed by atoms with Crippen LogP contribution in [0.25, 0.3) is 0 Å². The smallest absolute Gasteiger partial charge is 0.122 e. The fourth-order valence-corrected chi connectivity index (χ4v) is 1.65. The summed E-state index contributed by atoms with van der Waals surface area (Å²) < 4.78 is 6.14. The highest BCUT2D eigenvalue weighted by molar-refractivity contribution is 9.10. The predicted octanol–water partition coefficient (Wildman–Crippen LogP) is 2.89. The Bertz CT molecular complexity index is 353. The highest BCUT2D eigenvalue weighted by Gasteiger charge is 2.15. The van der Waals surface area contributed by atoms with E-state index in [4.69, 9.17) is 9.84 Å². The standard InChI is InChI=1S/C12H18BrNO2/c1-12(2,8-15)7-14-10-4-9(13)5-11(6-10)16-3/h4-6,14-15H,7-8H2,1-3H3. The van der Waals surface area contributed by atoms with Crippen molar-refractivity contribution in [3.63, 3.8) is 0 Å². The first-order valence-corrected chi connectivity index (χ1v) is 5.95. The Hall–Kier alpha value is -0.740. The lowest BCUT2D eigenvalue weighted by Crippen LogP contribution is -2.26. The second kappa shape index (κ2) is 5.55. The van der Waals surface area contributed by atoms with Gasteiger partial charge in [0.1, 0.15) is 5.75 Å². The highest BCUT2D eigenvalue weighted by Crippen LogP contribution is 2.25. The maximum atomic E-state index is 9.15. The normalized spacial score (nSPS) is 11.3. The lowest BCUT2D eigenvalue weighted by molar-refractivity contribution is 0.171. The Kier molecular flexibility index (Phi) is 4.62. The highest BCUT2D eigenvalue weighted by atomic mass is 79.9. The number of benzene rings is 1. The van der Waals surface area contributed by atoms with Gasteiger partial charge in [-0.05, 0) is 12.1 Å². The van der Waals surface area contributed by atoms with Crippen LogP contribution in [-0.2, 0) is 0 Å². The van der Waals surface area contributed by atoms with Gasteiger partial charge in [-0.3, -0.25) is 0 Å². The van der Waals surface area contributed by atoms with E-state index in [1.165, 1.54) is 0 Å². The van der Waals surface area contributed by atoms with Gasteiger partial charge >= 0.3 is 0 Å². The molecule has 1 aromatic carbocycles. The van der Waals surface area contributed by atoms with E-state index in [0.717, 1.165) is 15.9 Å². The van der Waals surface area contributed by atoms with E-state index in [0.29, 0.717) is 6.54 Å². The molecular weight excluding hydrogens is 270 g/mol. The Morgan fingerprint density at radius 1 is 1.38 bits per heavy atom. The lowest BCUT2D eigenvalue weighted by Gasteiger charge is -2.22. The molecule has 0 aromatic heterocycles. The molecule has 0 saturated carbocycles. The summed E-state index contributed by atoms with van der Waals surface area (Å²) >= 11 is 3.42. The van der Waals surface area contributed by atoms with E-state index in [1.54, 1.807) is 7.11 Å². The molecule has 0 bridgehead atoms. The van der Waals surface area contributed by atoms with E-state index < -0.39 is 0 Å². The Morgan fingerprint density at radius 2 is 2.06 bits per heavy atom. The monoisotopic (exact) mass is 287 g/mol. The number of methoxy groups -OCH3 is 1. The number of aliphatic hydroxyl groups excluding tert-OH is 1. The zero-order valence-electron chi connectivity index (χ0n) is 9.88. The fourth-order valence-electron chi connectivity index (χ4n) is 1.18. The zero-order chi connectivity index (χ0) is 12.2. The van der Waals surface area contributed by atoms with Crippen LogP contribution in [-0.4, -0.2) is 25.4 Å². The van der Waals surface area contributed by atoms with Gasteiger partial charge in [0.2, 0.25) is 0 Å². The summed E-state index contributed by atoms with van der Waals surface area (Å²) in [5.41, 5.74) is 0.850. The second-order valence-corrected chi connectivity index (χ2v) is 5.47. The second-order valence-electron chi connectivity index (χ2n) is 4.56. The summed E-state index contributed by atoms with van der Waals surface area (Å²) in [5, 5.41) is 12.4. The predicted molar refractivity (Wildman–Crippen MR) is 70.1 cm³/mol. The topological polar surface area (TPSA) is 41.5 Å². The van der Waals surface area contributed by atoms with Crippen LogP contribution in [0.15, 0.2) is 22.7 Å². The van der Waals surface area contributed by atoms with Crippen molar-refractivity contribution in [2.75, 3.05) is 25.6 Å².